The highest BCUT2D eigenvalue weighted by Crippen LogP contribution is 2.32. The van der Waals surface area contributed by atoms with Crippen LogP contribution in [0.1, 0.15) is 95.5 Å². The molecule has 3 N–H and O–H groups in total. The summed E-state index contributed by atoms with van der Waals surface area (Å²) in [6, 6.07) is 8.29. The smallest absolute Gasteiger partial charge is 0.416 e. The predicted molar refractivity (Wildman–Crippen MR) is 305 cm³/mol. The van der Waals surface area contributed by atoms with Crippen molar-refractivity contribution in [2.24, 2.45) is 0 Å². The molecule has 85 heavy (non-hydrogen) atoms. The molecule has 8 heterocycles. The van der Waals surface area contributed by atoms with Gasteiger partial charge in [-0.25, -0.2) is 4.79 Å². The monoisotopic (exact) mass is 1190 g/mol. The minimum absolute atomic E-state index is 0.161. The van der Waals surface area contributed by atoms with Gasteiger partial charge in [-0.3, -0.25) is 19.2 Å². The summed E-state index contributed by atoms with van der Waals surface area (Å²) in [6.07, 6.45) is -3.72. The lowest BCUT2D eigenvalue weighted by atomic mass is 10.1. The number of anilines is 4. The third-order valence-corrected chi connectivity index (χ3v) is 14.7. The summed E-state index contributed by atoms with van der Waals surface area (Å²) in [6.45, 7) is 17.3. The second-order valence-corrected chi connectivity index (χ2v) is 22.0. The van der Waals surface area contributed by atoms with Crippen molar-refractivity contribution in [3.63, 3.8) is 0 Å². The Morgan fingerprint density at radius 2 is 1.11 bits per heavy atom. The predicted octanol–water partition coefficient (Wildman–Crippen LogP) is 7.07. The summed E-state index contributed by atoms with van der Waals surface area (Å²) in [5.41, 5.74) is 1.09. The molecule has 0 spiro atoms. The van der Waals surface area contributed by atoms with Crippen LogP contribution in [0, 0.1) is 0 Å². The van der Waals surface area contributed by atoms with Crippen LogP contribution in [0.15, 0.2) is 70.3 Å². The fraction of sp³-hybridized carbons (Fsp3) is 0.491. The molecule has 28 heteroatoms. The van der Waals surface area contributed by atoms with E-state index in [1.807, 2.05) is 49.6 Å². The van der Waals surface area contributed by atoms with E-state index in [2.05, 4.69) is 36.1 Å². The minimum Gasteiger partial charge on any atom is -0.444 e. The number of carbonyl (C=O) groups excluding carboxylic acids is 3. The first-order chi connectivity index (χ1) is 40.3. The lowest BCUT2D eigenvalue weighted by Gasteiger charge is -2.41. The zero-order valence-electron chi connectivity index (χ0n) is 48.2. The van der Waals surface area contributed by atoms with Crippen molar-refractivity contribution in [3.8, 4) is 0 Å². The summed E-state index contributed by atoms with van der Waals surface area (Å²) >= 11 is 0. The fourth-order valence-electron chi connectivity index (χ4n) is 10.7. The Morgan fingerprint density at radius 1 is 0.659 bits per heavy atom. The maximum atomic E-state index is 14.1. The second-order valence-electron chi connectivity index (χ2n) is 22.0. The van der Waals surface area contributed by atoms with Gasteiger partial charge in [0.05, 0.1) is 48.9 Å². The van der Waals surface area contributed by atoms with Gasteiger partial charge in [-0.1, -0.05) is 26.0 Å². The van der Waals surface area contributed by atoms with Crippen molar-refractivity contribution in [3.05, 3.63) is 116 Å². The Kier molecular flexibility index (Phi) is 18.2. The fourth-order valence-corrected chi connectivity index (χ4v) is 10.7. The number of halogens is 6. The Balaban J connectivity index is 0.000000206. The van der Waals surface area contributed by atoms with Crippen molar-refractivity contribution in [2.45, 2.75) is 117 Å². The molecule has 6 aromatic rings. The molecule has 0 bridgehead atoms. The van der Waals surface area contributed by atoms with Crippen molar-refractivity contribution in [1.29, 1.82) is 0 Å². The number of hydrogen-bond acceptors (Lipinski definition) is 15. The van der Waals surface area contributed by atoms with Gasteiger partial charge in [-0.15, -0.1) is 10.2 Å². The molecule has 10 rings (SSSR count). The van der Waals surface area contributed by atoms with E-state index in [1.54, 1.807) is 34.8 Å². The lowest BCUT2D eigenvalue weighted by molar-refractivity contribution is -0.138. The molecular weight excluding hydrogens is 1120 g/mol. The Hall–Kier alpha value is -8.11. The van der Waals surface area contributed by atoms with Crippen molar-refractivity contribution in [1.82, 2.24) is 48.5 Å². The van der Waals surface area contributed by atoms with Gasteiger partial charge in [0.15, 0.2) is 11.6 Å². The number of nitrogens with one attached hydrogen (secondary N) is 3. The number of piperazine rings is 2. The van der Waals surface area contributed by atoms with Crippen LogP contribution in [0.25, 0.3) is 22.7 Å². The average Bonchev–Trinajstić information content (AvgIpc) is 1.79. The highest BCUT2D eigenvalue weighted by atomic mass is 19.4. The summed E-state index contributed by atoms with van der Waals surface area (Å²) in [7, 11) is 0. The van der Waals surface area contributed by atoms with Gasteiger partial charge < -0.3 is 54.0 Å². The molecule has 2 atom stereocenters. The average molecular weight is 1190 g/mol. The van der Waals surface area contributed by atoms with E-state index in [9.17, 15) is 50.3 Å². The summed E-state index contributed by atoms with van der Waals surface area (Å²) < 4.78 is 100. The van der Waals surface area contributed by atoms with Crippen molar-refractivity contribution >= 4 is 63.4 Å². The molecule has 0 radical (unpaired) electrons. The Morgan fingerprint density at radius 3 is 1.48 bits per heavy atom. The van der Waals surface area contributed by atoms with Crippen LogP contribution in [0.3, 0.4) is 0 Å². The van der Waals surface area contributed by atoms with Gasteiger partial charge in [0.25, 0.3) is 11.1 Å². The number of alkyl halides is 6. The Labute approximate surface area is 484 Å². The largest absolute Gasteiger partial charge is 0.444 e. The summed E-state index contributed by atoms with van der Waals surface area (Å²) in [5.74, 6) is 0.151. The molecule has 2 aromatic carbocycles. The SMILES string of the molecule is CCc1c(N2CCN(C(=O)OC(C)(C)C)[C@H](C)C2)c(=O)n2nc(C3=CCOCC3)nc2n1CC(=O)Nc1ccc(C(F)(F)F)cc1.CCc1c(N2CCN[C@H](C)C2)c(=O)n2nc(C3=CCOCC3)nc2n1CC(=O)Nc1ccc(C(F)(F)F)cc1. The molecule has 2 fully saturated rings. The minimum atomic E-state index is -4.50. The first-order valence-electron chi connectivity index (χ1n) is 28.1. The van der Waals surface area contributed by atoms with Gasteiger partial charge in [-0.05, 0) is 120 Å². The van der Waals surface area contributed by atoms with Crippen LogP contribution >= 0.6 is 0 Å². The number of hydrogen-bond donors (Lipinski definition) is 3. The van der Waals surface area contributed by atoms with Gasteiger partial charge in [0, 0.05) is 62.7 Å². The van der Waals surface area contributed by atoms with Crippen LogP contribution in [-0.2, 0) is 62.1 Å². The lowest BCUT2D eigenvalue weighted by Crippen LogP contribution is -2.56. The van der Waals surface area contributed by atoms with Crippen LogP contribution < -0.4 is 36.9 Å². The van der Waals surface area contributed by atoms with Gasteiger partial charge in [0.1, 0.15) is 30.1 Å². The highest BCUT2D eigenvalue weighted by Gasteiger charge is 2.36. The van der Waals surface area contributed by atoms with E-state index in [0.717, 1.165) is 35.4 Å². The van der Waals surface area contributed by atoms with E-state index < -0.39 is 52.5 Å². The number of nitrogens with zero attached hydrogens (tertiary/aromatic N) is 11. The maximum Gasteiger partial charge on any atom is 0.416 e. The van der Waals surface area contributed by atoms with Gasteiger partial charge >= 0.3 is 18.4 Å². The molecule has 4 aliphatic rings. The number of aromatic nitrogens is 8. The first kappa shape index (κ1) is 61.5. The quantitative estimate of drug-likeness (QED) is 0.104. The molecule has 456 valence electrons. The third-order valence-electron chi connectivity index (χ3n) is 14.7. The number of carbonyl (C=O) groups is 3. The molecule has 0 unspecified atom stereocenters. The zero-order chi connectivity index (χ0) is 61.1. The first-order valence-corrected chi connectivity index (χ1v) is 28.1. The second kappa shape index (κ2) is 25.2. The molecule has 0 aliphatic carbocycles. The molecular formula is C57H68F6N14O8. The topological polar surface area (TPSA) is 229 Å². The maximum absolute atomic E-state index is 14.1. The number of ether oxygens (including phenoxy) is 3. The zero-order valence-corrected chi connectivity index (χ0v) is 48.2. The van der Waals surface area contributed by atoms with Gasteiger partial charge in [-0.2, -0.15) is 45.3 Å². The molecule has 4 aromatic heterocycles. The van der Waals surface area contributed by atoms with Crippen molar-refractivity contribution < 1.29 is 54.9 Å². The number of benzene rings is 2. The number of amides is 3. The molecule has 0 saturated carbocycles. The van der Waals surface area contributed by atoms with Crippen LogP contribution in [0.4, 0.5) is 53.9 Å². The number of rotatable bonds is 12. The van der Waals surface area contributed by atoms with Crippen LogP contribution in [-0.4, -0.2) is 145 Å². The van der Waals surface area contributed by atoms with Crippen LogP contribution in [0.5, 0.6) is 0 Å². The number of fused-ring (bicyclic) bond motifs is 2. The van der Waals surface area contributed by atoms with E-state index in [4.69, 9.17) is 14.2 Å². The van der Waals surface area contributed by atoms with E-state index >= 15 is 0 Å². The molecule has 4 aliphatic heterocycles. The van der Waals surface area contributed by atoms with Gasteiger partial charge in [0.2, 0.25) is 23.4 Å². The Bertz CT molecular complexity index is 3640. The van der Waals surface area contributed by atoms with Crippen molar-refractivity contribution in [2.75, 3.05) is 86.1 Å². The normalized spacial score (nSPS) is 18.0. The van der Waals surface area contributed by atoms with E-state index in [1.165, 1.54) is 33.3 Å². The summed E-state index contributed by atoms with van der Waals surface area (Å²) in [4.78, 5) is 82.2. The van der Waals surface area contributed by atoms with E-state index in [-0.39, 0.29) is 53.7 Å². The molecule has 2 saturated heterocycles. The highest BCUT2D eigenvalue weighted by molar-refractivity contribution is 5.92. The summed E-state index contributed by atoms with van der Waals surface area (Å²) in [5, 5.41) is 17.8. The molecule has 22 nitrogen and oxygen atoms in total. The standard InChI is InChI=1S/C31H38F3N7O5.C26H30F3N7O3/c1-6-23-25(38-13-14-39(19(2)17-38)29(44)46-30(3,4)5)27(43)41-28(36-26(37-41)20-11-15-45-16-12-20)40(23)18-24(42)35-22-9-7-21(8-10-22)31(32,33)34;1-3-20-22(34-11-10-30-16(2)14-34)24(38)36-25(32-23(33-36)17-8-12-39-13-9-17)35(20)15-21(37)31-19-6-4-18(5-7-19)26(27,28)29/h7-11,19H,6,12-18H2,1-5H3,(H,35,42);4-8,16,30H,3,9-15H2,1-2H3,(H,31,37)/t19-;16-/m11/s1. The third kappa shape index (κ3) is 14.0. The molecule has 3 amide bonds. The van der Waals surface area contributed by atoms with E-state index in [0.29, 0.717) is 126 Å². The van der Waals surface area contributed by atoms with Crippen LogP contribution in [0.2, 0.25) is 0 Å².